The molecule has 3 aromatic rings. The van der Waals surface area contributed by atoms with E-state index >= 15 is 0 Å². The highest BCUT2D eigenvalue weighted by atomic mass is 35.5. The van der Waals surface area contributed by atoms with Crippen LogP contribution in [0.2, 0.25) is 10.2 Å². The van der Waals surface area contributed by atoms with Crippen LogP contribution in [0.3, 0.4) is 0 Å². The molecule has 8 heteroatoms. The normalized spacial score (nSPS) is 10.8. The number of carbonyl (C=O) groups is 1. The molecular weight excluding hydrogens is 353 g/mol. The van der Waals surface area contributed by atoms with Crippen molar-refractivity contribution >= 4 is 34.8 Å². The van der Waals surface area contributed by atoms with Crippen molar-refractivity contribution in [3.8, 4) is 0 Å². The van der Waals surface area contributed by atoms with Gasteiger partial charge in [0.2, 0.25) is 0 Å². The quantitative estimate of drug-likeness (QED) is 0.528. The van der Waals surface area contributed by atoms with Crippen LogP contribution >= 0.6 is 23.2 Å². The second kappa shape index (κ2) is 6.59. The van der Waals surface area contributed by atoms with Gasteiger partial charge in [0.1, 0.15) is 17.4 Å². The van der Waals surface area contributed by atoms with Crippen LogP contribution in [-0.2, 0) is 11.3 Å². The highest BCUT2D eigenvalue weighted by Gasteiger charge is 2.12. The first-order chi connectivity index (χ1) is 11.5. The van der Waals surface area contributed by atoms with E-state index in [1.165, 1.54) is 22.7 Å². The molecule has 0 aliphatic heterocycles. The van der Waals surface area contributed by atoms with Crippen LogP contribution in [0.4, 0.5) is 0 Å². The summed E-state index contributed by atoms with van der Waals surface area (Å²) in [6.07, 6.45) is 1.27. The van der Waals surface area contributed by atoms with E-state index in [9.17, 15) is 9.59 Å². The Morgan fingerprint density at radius 2 is 2.08 bits per heavy atom. The lowest BCUT2D eigenvalue weighted by Gasteiger charge is -2.07. The number of nitrogens with zero attached hydrogens (tertiary/aromatic N) is 3. The molecule has 0 radical (unpaired) electrons. The predicted molar refractivity (Wildman–Crippen MR) is 89.6 cm³/mol. The van der Waals surface area contributed by atoms with Crippen molar-refractivity contribution in [2.75, 3.05) is 0 Å². The summed E-state index contributed by atoms with van der Waals surface area (Å²) >= 11 is 11.5. The number of aromatic nitrogens is 3. The first-order valence-corrected chi connectivity index (χ1v) is 7.68. The van der Waals surface area contributed by atoms with E-state index in [-0.39, 0.29) is 27.9 Å². The zero-order valence-corrected chi connectivity index (χ0v) is 14.0. The molecule has 0 aromatic carbocycles. The van der Waals surface area contributed by atoms with Crippen LogP contribution in [-0.4, -0.2) is 20.3 Å². The van der Waals surface area contributed by atoms with Gasteiger partial charge in [-0.25, -0.2) is 14.8 Å². The number of hydrogen-bond acceptors (Lipinski definition) is 5. The van der Waals surface area contributed by atoms with Crippen molar-refractivity contribution in [3.63, 3.8) is 0 Å². The number of rotatable bonds is 3. The second-order valence-electron chi connectivity index (χ2n) is 5.02. The van der Waals surface area contributed by atoms with Crippen LogP contribution in [0.15, 0.2) is 41.3 Å². The fourth-order valence-electron chi connectivity index (χ4n) is 2.19. The fraction of sp³-hybridized carbons (Fsp3) is 0.125. The van der Waals surface area contributed by atoms with Gasteiger partial charge in [0.25, 0.3) is 5.56 Å². The molecule has 0 fully saturated rings. The van der Waals surface area contributed by atoms with Gasteiger partial charge in [-0.2, -0.15) is 0 Å². The van der Waals surface area contributed by atoms with E-state index in [1.54, 1.807) is 12.1 Å². The van der Waals surface area contributed by atoms with Crippen molar-refractivity contribution in [2.24, 2.45) is 0 Å². The molecule has 0 N–H and O–H groups in total. The summed E-state index contributed by atoms with van der Waals surface area (Å²) in [5, 5.41) is 0.261. The van der Waals surface area contributed by atoms with E-state index < -0.39 is 5.97 Å². The first kappa shape index (κ1) is 16.4. The number of hydrogen-bond donors (Lipinski definition) is 0. The third-order valence-electron chi connectivity index (χ3n) is 3.32. The molecular formula is C16H11Cl2N3O3. The Balaban J connectivity index is 1.81. The molecule has 0 spiro atoms. The van der Waals surface area contributed by atoms with Gasteiger partial charge in [0.15, 0.2) is 0 Å². The minimum absolute atomic E-state index is 0.104. The van der Waals surface area contributed by atoms with E-state index in [0.29, 0.717) is 11.3 Å². The molecule has 24 heavy (non-hydrogen) atoms. The van der Waals surface area contributed by atoms with Crippen LogP contribution in [0.1, 0.15) is 21.7 Å². The largest absolute Gasteiger partial charge is 0.456 e. The number of halogens is 2. The summed E-state index contributed by atoms with van der Waals surface area (Å²) in [4.78, 5) is 32.3. The lowest BCUT2D eigenvalue weighted by atomic mass is 10.3. The van der Waals surface area contributed by atoms with Gasteiger partial charge in [-0.1, -0.05) is 29.3 Å². The van der Waals surface area contributed by atoms with Crippen LogP contribution in [0, 0.1) is 6.92 Å². The monoisotopic (exact) mass is 363 g/mol. The van der Waals surface area contributed by atoms with E-state index in [2.05, 4.69) is 9.97 Å². The smallest absolute Gasteiger partial charge is 0.340 e. The van der Waals surface area contributed by atoms with Gasteiger partial charge in [-0.3, -0.25) is 9.20 Å². The summed E-state index contributed by atoms with van der Waals surface area (Å²) in [6.45, 7) is 1.67. The summed E-state index contributed by atoms with van der Waals surface area (Å²) < 4.78 is 6.63. The lowest BCUT2D eigenvalue weighted by Crippen LogP contribution is -2.18. The maximum Gasteiger partial charge on any atom is 0.340 e. The SMILES string of the molecule is Cc1cccc2nc(COC(=O)c3cnc(Cl)c(Cl)c3)cc(=O)n12. The summed E-state index contributed by atoms with van der Waals surface area (Å²) in [7, 11) is 0. The van der Waals surface area contributed by atoms with Gasteiger partial charge in [-0.15, -0.1) is 0 Å². The molecule has 0 atom stereocenters. The Morgan fingerprint density at radius 3 is 2.83 bits per heavy atom. The molecule has 0 saturated heterocycles. The molecule has 0 aliphatic rings. The first-order valence-electron chi connectivity index (χ1n) is 6.92. The van der Waals surface area contributed by atoms with Gasteiger partial charge in [0.05, 0.1) is 16.3 Å². The fourth-order valence-corrected chi connectivity index (χ4v) is 2.46. The van der Waals surface area contributed by atoms with Gasteiger partial charge < -0.3 is 4.74 Å². The molecule has 0 bridgehead atoms. The zero-order chi connectivity index (χ0) is 17.3. The van der Waals surface area contributed by atoms with Crippen molar-refractivity contribution in [1.29, 1.82) is 0 Å². The number of esters is 1. The number of aryl methyl sites for hydroxylation is 1. The third-order valence-corrected chi connectivity index (χ3v) is 4.00. The maximum atomic E-state index is 12.2. The molecule has 3 rings (SSSR count). The molecule has 0 aliphatic carbocycles. The predicted octanol–water partition coefficient (Wildman–Crippen LogP) is 3.06. The molecule has 0 unspecified atom stereocenters. The van der Waals surface area contributed by atoms with E-state index in [0.717, 1.165) is 5.69 Å². The topological polar surface area (TPSA) is 73.6 Å². The Kier molecular flexibility index (Phi) is 4.51. The lowest BCUT2D eigenvalue weighted by molar-refractivity contribution is 0.0467. The van der Waals surface area contributed by atoms with E-state index in [1.807, 2.05) is 13.0 Å². The van der Waals surface area contributed by atoms with Crippen molar-refractivity contribution in [1.82, 2.24) is 14.4 Å². The van der Waals surface area contributed by atoms with Crippen LogP contribution in [0.5, 0.6) is 0 Å². The highest BCUT2D eigenvalue weighted by Crippen LogP contribution is 2.20. The zero-order valence-electron chi connectivity index (χ0n) is 12.5. The van der Waals surface area contributed by atoms with Gasteiger partial charge in [0, 0.05) is 18.0 Å². The molecule has 3 heterocycles. The van der Waals surface area contributed by atoms with E-state index in [4.69, 9.17) is 27.9 Å². The van der Waals surface area contributed by atoms with Crippen molar-refractivity contribution in [2.45, 2.75) is 13.5 Å². The van der Waals surface area contributed by atoms with Crippen LogP contribution < -0.4 is 5.56 Å². The number of ether oxygens (including phenoxy) is 1. The van der Waals surface area contributed by atoms with Crippen molar-refractivity contribution < 1.29 is 9.53 Å². The number of carbonyl (C=O) groups excluding carboxylic acids is 1. The average molecular weight is 364 g/mol. The Morgan fingerprint density at radius 1 is 1.29 bits per heavy atom. The molecule has 0 saturated carbocycles. The molecule has 6 nitrogen and oxygen atoms in total. The van der Waals surface area contributed by atoms with Gasteiger partial charge >= 0.3 is 5.97 Å². The summed E-state index contributed by atoms with van der Waals surface area (Å²) in [6, 6.07) is 8.02. The Labute approximate surface area is 146 Å². The maximum absolute atomic E-state index is 12.2. The summed E-state index contributed by atoms with van der Waals surface area (Å²) in [5.74, 6) is -0.632. The summed E-state index contributed by atoms with van der Waals surface area (Å²) in [5.41, 5.74) is 1.55. The third kappa shape index (κ3) is 3.25. The molecule has 0 amide bonds. The minimum Gasteiger partial charge on any atom is -0.456 e. The number of fused-ring (bicyclic) bond motifs is 1. The Bertz CT molecular complexity index is 1000. The standard InChI is InChI=1S/C16H11Cl2N3O3/c1-9-3-2-4-13-20-11(6-14(22)21(9)13)8-24-16(23)10-5-12(17)15(18)19-7-10/h2-7H,8H2,1H3. The highest BCUT2D eigenvalue weighted by molar-refractivity contribution is 6.41. The van der Waals surface area contributed by atoms with Crippen molar-refractivity contribution in [3.05, 3.63) is 74.0 Å². The average Bonchev–Trinajstić information content (AvgIpc) is 2.55. The Hall–Kier alpha value is -2.44. The molecule has 122 valence electrons. The van der Waals surface area contributed by atoms with Crippen LogP contribution in [0.25, 0.3) is 5.65 Å². The second-order valence-corrected chi connectivity index (χ2v) is 5.78. The number of pyridine rings is 2. The minimum atomic E-state index is -0.632. The van der Waals surface area contributed by atoms with Gasteiger partial charge in [-0.05, 0) is 25.1 Å². The molecule has 3 aromatic heterocycles.